The van der Waals surface area contributed by atoms with Crippen LogP contribution in [0.2, 0.25) is 0 Å². The van der Waals surface area contributed by atoms with Crippen LogP contribution in [-0.4, -0.2) is 31.4 Å². The van der Waals surface area contributed by atoms with Crippen LogP contribution in [0, 0.1) is 0 Å². The zero-order valence-corrected chi connectivity index (χ0v) is 14.8. The summed E-state index contributed by atoms with van der Waals surface area (Å²) in [6.07, 6.45) is 0.699. The van der Waals surface area contributed by atoms with Gasteiger partial charge in [-0.05, 0) is 43.2 Å². The van der Waals surface area contributed by atoms with Crippen LogP contribution in [0.1, 0.15) is 29.3 Å². The fourth-order valence-corrected chi connectivity index (χ4v) is 2.27. The van der Waals surface area contributed by atoms with Crippen molar-refractivity contribution < 1.29 is 23.9 Å². The van der Waals surface area contributed by atoms with Crippen LogP contribution in [0.25, 0.3) is 0 Å². The van der Waals surface area contributed by atoms with Gasteiger partial charge in [-0.2, -0.15) is 0 Å². The van der Waals surface area contributed by atoms with Gasteiger partial charge in [0.2, 0.25) is 0 Å². The van der Waals surface area contributed by atoms with Crippen molar-refractivity contribution >= 4 is 23.3 Å². The lowest BCUT2D eigenvalue weighted by molar-refractivity contribution is -0.147. The van der Waals surface area contributed by atoms with E-state index in [1.54, 1.807) is 31.4 Å². The van der Waals surface area contributed by atoms with Gasteiger partial charge in [0.25, 0.3) is 5.91 Å². The Bertz CT molecular complexity index is 783. The number of amides is 1. The smallest absolute Gasteiger partial charge is 0.306 e. The Kier molecular flexibility index (Phi) is 6.91. The fourth-order valence-electron chi connectivity index (χ4n) is 2.27. The molecule has 0 saturated carbocycles. The maximum atomic E-state index is 11.9. The molecule has 136 valence electrons. The van der Waals surface area contributed by atoms with Crippen LogP contribution in [0.4, 0.5) is 5.69 Å². The zero-order valence-electron chi connectivity index (χ0n) is 14.8. The largest absolute Gasteiger partial charge is 0.497 e. The molecule has 6 heteroatoms. The van der Waals surface area contributed by atoms with Crippen LogP contribution in [0.3, 0.4) is 0 Å². The molecule has 1 amide bonds. The molecular formula is C20H21NO5. The number of anilines is 1. The molecule has 0 aliphatic carbocycles. The molecule has 0 fully saturated rings. The van der Waals surface area contributed by atoms with Crippen molar-refractivity contribution in [3.63, 3.8) is 0 Å². The molecule has 2 rings (SSSR count). The fraction of sp³-hybridized carbons (Fsp3) is 0.250. The van der Waals surface area contributed by atoms with Crippen molar-refractivity contribution in [3.8, 4) is 5.75 Å². The molecular weight excluding hydrogens is 334 g/mol. The SMILES string of the molecule is COc1ccc(CCC(=O)OCC(=O)Nc2cccc(C(C)=O)c2)cc1. The summed E-state index contributed by atoms with van der Waals surface area (Å²) >= 11 is 0. The highest BCUT2D eigenvalue weighted by Gasteiger charge is 2.09. The Labute approximate surface area is 152 Å². The standard InChI is InChI=1S/C20H21NO5/c1-14(22)16-4-3-5-17(12-16)21-19(23)13-26-20(24)11-8-15-6-9-18(25-2)10-7-15/h3-7,9-10,12H,8,11,13H2,1-2H3,(H,21,23). The molecule has 6 nitrogen and oxygen atoms in total. The minimum absolute atomic E-state index is 0.0916. The van der Waals surface area contributed by atoms with Crippen LogP contribution in [0.5, 0.6) is 5.75 Å². The third-order valence-electron chi connectivity index (χ3n) is 3.69. The minimum atomic E-state index is -0.455. The monoisotopic (exact) mass is 355 g/mol. The highest BCUT2D eigenvalue weighted by molar-refractivity contribution is 5.97. The maximum absolute atomic E-state index is 11.9. The second kappa shape index (κ2) is 9.36. The molecule has 0 heterocycles. The van der Waals surface area contributed by atoms with E-state index in [0.717, 1.165) is 11.3 Å². The highest BCUT2D eigenvalue weighted by Crippen LogP contribution is 2.13. The third kappa shape index (κ3) is 6.05. The lowest BCUT2D eigenvalue weighted by atomic mass is 10.1. The van der Waals surface area contributed by atoms with E-state index in [9.17, 15) is 14.4 Å². The number of carbonyl (C=O) groups is 3. The Morgan fingerprint density at radius 1 is 1.04 bits per heavy atom. The minimum Gasteiger partial charge on any atom is -0.497 e. The summed E-state index contributed by atoms with van der Waals surface area (Å²) in [7, 11) is 1.59. The van der Waals surface area contributed by atoms with Crippen molar-refractivity contribution in [2.45, 2.75) is 19.8 Å². The zero-order chi connectivity index (χ0) is 18.9. The number of ether oxygens (including phenoxy) is 2. The van der Waals surface area contributed by atoms with Crippen LogP contribution in [0.15, 0.2) is 48.5 Å². The van der Waals surface area contributed by atoms with Gasteiger partial charge in [0.1, 0.15) is 5.75 Å². The second-order valence-corrected chi connectivity index (χ2v) is 5.69. The molecule has 2 aromatic carbocycles. The quantitative estimate of drug-likeness (QED) is 0.581. The third-order valence-corrected chi connectivity index (χ3v) is 3.69. The maximum Gasteiger partial charge on any atom is 0.306 e. The molecule has 0 aromatic heterocycles. The number of carbonyl (C=O) groups excluding carboxylic acids is 3. The lowest BCUT2D eigenvalue weighted by Gasteiger charge is -2.08. The van der Waals surface area contributed by atoms with E-state index in [4.69, 9.17) is 9.47 Å². The van der Waals surface area contributed by atoms with Gasteiger partial charge in [0.15, 0.2) is 12.4 Å². The van der Waals surface area contributed by atoms with E-state index in [0.29, 0.717) is 17.7 Å². The summed E-state index contributed by atoms with van der Waals surface area (Å²) in [6.45, 7) is 1.08. The molecule has 26 heavy (non-hydrogen) atoms. The Hall–Kier alpha value is -3.15. The van der Waals surface area contributed by atoms with Gasteiger partial charge in [-0.3, -0.25) is 14.4 Å². The molecule has 0 spiro atoms. The number of ketones is 1. The summed E-state index contributed by atoms with van der Waals surface area (Å²) < 4.78 is 10.1. The van der Waals surface area contributed by atoms with E-state index < -0.39 is 11.9 Å². The van der Waals surface area contributed by atoms with Gasteiger partial charge in [-0.25, -0.2) is 0 Å². The molecule has 0 aliphatic heterocycles. The predicted molar refractivity (Wildman–Crippen MR) is 97.4 cm³/mol. The first kappa shape index (κ1) is 19.2. The number of nitrogens with one attached hydrogen (secondary N) is 1. The number of hydrogen-bond acceptors (Lipinski definition) is 5. The van der Waals surface area contributed by atoms with Gasteiger partial charge in [0, 0.05) is 17.7 Å². The van der Waals surface area contributed by atoms with Crippen molar-refractivity contribution in [2.75, 3.05) is 19.0 Å². The molecule has 0 radical (unpaired) electrons. The highest BCUT2D eigenvalue weighted by atomic mass is 16.5. The van der Waals surface area contributed by atoms with E-state index in [1.165, 1.54) is 6.92 Å². The van der Waals surface area contributed by atoms with Gasteiger partial charge in [-0.1, -0.05) is 24.3 Å². The van der Waals surface area contributed by atoms with E-state index in [1.807, 2.05) is 24.3 Å². The second-order valence-electron chi connectivity index (χ2n) is 5.69. The molecule has 0 saturated heterocycles. The normalized spacial score (nSPS) is 10.1. The molecule has 1 N–H and O–H groups in total. The Balaban J connectivity index is 1.75. The summed E-state index contributed by atoms with van der Waals surface area (Å²) in [6, 6.07) is 14.0. The summed E-state index contributed by atoms with van der Waals surface area (Å²) in [5.41, 5.74) is 1.96. The Morgan fingerprint density at radius 3 is 2.42 bits per heavy atom. The first-order chi connectivity index (χ1) is 12.5. The number of aryl methyl sites for hydroxylation is 1. The van der Waals surface area contributed by atoms with Gasteiger partial charge < -0.3 is 14.8 Å². The van der Waals surface area contributed by atoms with Gasteiger partial charge in [-0.15, -0.1) is 0 Å². The summed E-state index contributed by atoms with van der Waals surface area (Å²) in [5, 5.41) is 2.60. The predicted octanol–water partition coefficient (Wildman–Crippen LogP) is 3.01. The number of hydrogen-bond donors (Lipinski definition) is 1. The van der Waals surface area contributed by atoms with Crippen molar-refractivity contribution in [2.24, 2.45) is 0 Å². The van der Waals surface area contributed by atoms with Gasteiger partial charge >= 0.3 is 5.97 Å². The van der Waals surface area contributed by atoms with Crippen molar-refractivity contribution in [1.29, 1.82) is 0 Å². The number of esters is 1. The average molecular weight is 355 g/mol. The Morgan fingerprint density at radius 2 is 1.77 bits per heavy atom. The first-order valence-electron chi connectivity index (χ1n) is 8.17. The lowest BCUT2D eigenvalue weighted by Crippen LogP contribution is -2.21. The topological polar surface area (TPSA) is 81.7 Å². The van der Waals surface area contributed by atoms with E-state index in [-0.39, 0.29) is 18.8 Å². The number of rotatable bonds is 8. The van der Waals surface area contributed by atoms with Crippen LogP contribution < -0.4 is 10.1 Å². The molecule has 0 bridgehead atoms. The molecule has 0 aliphatic rings. The molecule has 0 atom stereocenters. The number of Topliss-reactive ketones (excluding diaryl/α,β-unsaturated/α-hetero) is 1. The molecule has 2 aromatic rings. The van der Waals surface area contributed by atoms with Crippen molar-refractivity contribution in [3.05, 3.63) is 59.7 Å². The molecule has 0 unspecified atom stereocenters. The average Bonchev–Trinajstić information content (AvgIpc) is 2.65. The van der Waals surface area contributed by atoms with Crippen molar-refractivity contribution in [1.82, 2.24) is 0 Å². The first-order valence-corrected chi connectivity index (χ1v) is 8.17. The van der Waals surface area contributed by atoms with Crippen LogP contribution >= 0.6 is 0 Å². The summed E-state index contributed by atoms with van der Waals surface area (Å²) in [5.74, 6) is -0.246. The van der Waals surface area contributed by atoms with Crippen LogP contribution in [-0.2, 0) is 20.7 Å². The number of methoxy groups -OCH3 is 1. The van der Waals surface area contributed by atoms with E-state index in [2.05, 4.69) is 5.32 Å². The summed E-state index contributed by atoms with van der Waals surface area (Å²) in [4.78, 5) is 35.0. The van der Waals surface area contributed by atoms with E-state index >= 15 is 0 Å². The number of benzene rings is 2. The van der Waals surface area contributed by atoms with Gasteiger partial charge in [0.05, 0.1) is 7.11 Å².